The second-order valence-corrected chi connectivity index (χ2v) is 9.60. The molecule has 1 aliphatic heterocycles. The number of carbonyl (C=O) groups excluding carboxylic acids is 3. The van der Waals surface area contributed by atoms with Crippen LogP contribution in [0.3, 0.4) is 0 Å². The minimum atomic E-state index is -0.670. The number of anilines is 1. The van der Waals surface area contributed by atoms with Crippen LogP contribution in [-0.2, 0) is 14.4 Å². The van der Waals surface area contributed by atoms with Crippen molar-refractivity contribution in [3.8, 4) is 0 Å². The third-order valence-electron chi connectivity index (χ3n) is 7.34. The molecule has 0 saturated carbocycles. The third kappa shape index (κ3) is 5.19. The summed E-state index contributed by atoms with van der Waals surface area (Å²) in [4.78, 5) is 42.1. The molecule has 0 bridgehead atoms. The van der Waals surface area contributed by atoms with E-state index in [2.05, 4.69) is 17.6 Å². The molecular weight excluding hydrogens is 430 g/mol. The number of allylic oxidation sites excluding steroid dienone is 1. The number of nitrogens with one attached hydrogen (secondary N) is 2. The molecule has 1 heterocycles. The molecule has 186 valence electrons. The maximum Gasteiger partial charge on any atom is 0.247 e. The van der Waals surface area contributed by atoms with Crippen LogP contribution in [0.5, 0.6) is 0 Å². The molecule has 1 aromatic carbocycles. The van der Waals surface area contributed by atoms with Gasteiger partial charge in [-0.1, -0.05) is 43.7 Å². The number of para-hydroxylation sites is 1. The van der Waals surface area contributed by atoms with Gasteiger partial charge in [0.2, 0.25) is 17.7 Å². The number of rotatable bonds is 10. The fourth-order valence-electron chi connectivity index (χ4n) is 5.65. The van der Waals surface area contributed by atoms with Gasteiger partial charge in [0.1, 0.15) is 6.04 Å². The number of benzene rings is 1. The Hall–Kier alpha value is -2.67. The van der Waals surface area contributed by atoms with Crippen molar-refractivity contribution in [2.24, 2.45) is 23.7 Å². The SMILES string of the molecule is CCC[C@@H]1C=C[C@H]2[C@H](C(=O)N(CCCCCO)[C@@H]2C(=O)Nc2c(C)cccc2C)[C@@H]1C(=O)NC. The number of nitrogens with zero attached hydrogens (tertiary/aromatic N) is 1. The van der Waals surface area contributed by atoms with Crippen molar-refractivity contribution < 1.29 is 19.5 Å². The van der Waals surface area contributed by atoms with Crippen LogP contribution < -0.4 is 10.6 Å². The Labute approximate surface area is 203 Å². The molecule has 7 nitrogen and oxygen atoms in total. The number of hydrogen-bond donors (Lipinski definition) is 3. The Balaban J connectivity index is 1.96. The van der Waals surface area contributed by atoms with Crippen LogP contribution in [0.4, 0.5) is 5.69 Å². The average molecular weight is 470 g/mol. The van der Waals surface area contributed by atoms with E-state index in [1.54, 1.807) is 11.9 Å². The summed E-state index contributed by atoms with van der Waals surface area (Å²) < 4.78 is 0. The molecule has 7 heteroatoms. The first-order valence-corrected chi connectivity index (χ1v) is 12.5. The molecule has 2 aliphatic rings. The van der Waals surface area contributed by atoms with Gasteiger partial charge in [0.15, 0.2) is 0 Å². The number of amides is 3. The normalized spacial score (nSPS) is 25.9. The quantitative estimate of drug-likeness (QED) is 0.362. The van der Waals surface area contributed by atoms with E-state index in [1.807, 2.05) is 44.2 Å². The largest absolute Gasteiger partial charge is 0.396 e. The highest BCUT2D eigenvalue weighted by atomic mass is 16.3. The standard InChI is InChI=1S/C27H39N3O4/c1-5-10-19-13-14-20-22(21(19)25(32)28-4)27(34)30(15-7-6-8-16-31)24(20)26(33)29-23-17(2)11-9-12-18(23)3/h9,11-14,19-22,24,31H,5-8,10,15-16H2,1-4H3,(H,28,32)(H,29,33)/t19-,20+,21-,22+,24+/m1/s1. The van der Waals surface area contributed by atoms with Crippen molar-refractivity contribution in [1.29, 1.82) is 0 Å². The lowest BCUT2D eigenvalue weighted by Crippen LogP contribution is -2.45. The first-order valence-electron chi connectivity index (χ1n) is 12.5. The Morgan fingerprint density at radius 2 is 1.76 bits per heavy atom. The summed E-state index contributed by atoms with van der Waals surface area (Å²) in [5.41, 5.74) is 2.71. The maximum absolute atomic E-state index is 13.8. The number of aliphatic hydroxyl groups excluding tert-OH is 1. The third-order valence-corrected chi connectivity index (χ3v) is 7.34. The van der Waals surface area contributed by atoms with E-state index < -0.39 is 17.9 Å². The van der Waals surface area contributed by atoms with E-state index in [1.165, 1.54) is 0 Å². The van der Waals surface area contributed by atoms with Crippen molar-refractivity contribution in [2.45, 2.75) is 58.9 Å². The molecule has 3 rings (SSSR count). The van der Waals surface area contributed by atoms with Crippen molar-refractivity contribution in [2.75, 3.05) is 25.5 Å². The highest BCUT2D eigenvalue weighted by Crippen LogP contribution is 2.45. The lowest BCUT2D eigenvalue weighted by Gasteiger charge is -2.34. The van der Waals surface area contributed by atoms with Crippen LogP contribution in [0.15, 0.2) is 30.4 Å². The van der Waals surface area contributed by atoms with Gasteiger partial charge >= 0.3 is 0 Å². The van der Waals surface area contributed by atoms with E-state index in [0.717, 1.165) is 36.1 Å². The summed E-state index contributed by atoms with van der Waals surface area (Å²) in [6, 6.07) is 5.19. The number of likely N-dealkylation sites (tertiary alicyclic amines) is 1. The van der Waals surface area contributed by atoms with Crippen LogP contribution in [0, 0.1) is 37.5 Å². The van der Waals surface area contributed by atoms with Crippen LogP contribution >= 0.6 is 0 Å². The van der Waals surface area contributed by atoms with E-state index in [-0.39, 0.29) is 36.2 Å². The van der Waals surface area contributed by atoms with Gasteiger partial charge in [-0.25, -0.2) is 0 Å². The molecule has 1 fully saturated rings. The molecule has 3 amide bonds. The maximum atomic E-state index is 13.8. The molecule has 0 aromatic heterocycles. The van der Waals surface area contributed by atoms with Gasteiger partial charge in [-0.2, -0.15) is 0 Å². The number of carbonyl (C=O) groups is 3. The molecule has 1 aromatic rings. The predicted molar refractivity (Wildman–Crippen MR) is 133 cm³/mol. The summed E-state index contributed by atoms with van der Waals surface area (Å²) in [7, 11) is 1.61. The Bertz CT molecular complexity index is 908. The van der Waals surface area contributed by atoms with Crippen LogP contribution in [0.25, 0.3) is 0 Å². The fraction of sp³-hybridized carbons (Fsp3) is 0.593. The second kappa shape index (κ2) is 11.6. The zero-order valence-electron chi connectivity index (χ0n) is 20.8. The summed E-state index contributed by atoms with van der Waals surface area (Å²) in [5.74, 6) is -1.87. The Morgan fingerprint density at radius 1 is 1.06 bits per heavy atom. The second-order valence-electron chi connectivity index (χ2n) is 9.60. The topological polar surface area (TPSA) is 98.7 Å². The fourth-order valence-corrected chi connectivity index (χ4v) is 5.65. The van der Waals surface area contributed by atoms with Gasteiger partial charge in [0.05, 0.1) is 11.8 Å². The molecule has 5 atom stereocenters. The van der Waals surface area contributed by atoms with Gasteiger partial charge in [0, 0.05) is 31.8 Å². The van der Waals surface area contributed by atoms with Crippen LogP contribution in [0.1, 0.15) is 50.2 Å². The van der Waals surface area contributed by atoms with Crippen molar-refractivity contribution >= 4 is 23.4 Å². The molecule has 3 N–H and O–H groups in total. The van der Waals surface area contributed by atoms with Crippen molar-refractivity contribution in [3.05, 3.63) is 41.5 Å². The van der Waals surface area contributed by atoms with Gasteiger partial charge < -0.3 is 20.6 Å². The molecule has 1 aliphatic carbocycles. The van der Waals surface area contributed by atoms with E-state index in [4.69, 9.17) is 5.11 Å². The molecule has 0 unspecified atom stereocenters. The highest BCUT2D eigenvalue weighted by molar-refractivity contribution is 6.02. The molecule has 34 heavy (non-hydrogen) atoms. The first-order chi connectivity index (χ1) is 16.3. The van der Waals surface area contributed by atoms with E-state index in [0.29, 0.717) is 19.4 Å². The highest BCUT2D eigenvalue weighted by Gasteiger charge is 2.56. The number of hydrogen-bond acceptors (Lipinski definition) is 4. The zero-order chi connectivity index (χ0) is 24.8. The Kier molecular flexibility index (Phi) is 8.89. The molecular formula is C27H39N3O4. The van der Waals surface area contributed by atoms with Gasteiger partial charge in [-0.05, 0) is 56.6 Å². The van der Waals surface area contributed by atoms with Crippen LogP contribution in [0.2, 0.25) is 0 Å². The van der Waals surface area contributed by atoms with Crippen molar-refractivity contribution in [3.63, 3.8) is 0 Å². The number of fused-ring (bicyclic) bond motifs is 1. The summed E-state index contributed by atoms with van der Waals surface area (Å²) >= 11 is 0. The predicted octanol–water partition coefficient (Wildman–Crippen LogP) is 3.20. The average Bonchev–Trinajstić information content (AvgIpc) is 3.10. The van der Waals surface area contributed by atoms with Crippen molar-refractivity contribution in [1.82, 2.24) is 10.2 Å². The van der Waals surface area contributed by atoms with Gasteiger partial charge in [-0.15, -0.1) is 0 Å². The number of aliphatic hydroxyl groups is 1. The number of aryl methyl sites for hydroxylation is 2. The monoisotopic (exact) mass is 469 g/mol. The molecule has 0 radical (unpaired) electrons. The summed E-state index contributed by atoms with van der Waals surface area (Å²) in [5, 5.41) is 15.0. The summed E-state index contributed by atoms with van der Waals surface area (Å²) in [6.07, 6.45) is 7.92. The Morgan fingerprint density at radius 3 is 2.38 bits per heavy atom. The summed E-state index contributed by atoms with van der Waals surface area (Å²) in [6.45, 7) is 6.52. The number of unbranched alkanes of at least 4 members (excludes halogenated alkanes) is 2. The van der Waals surface area contributed by atoms with E-state index >= 15 is 0 Å². The lowest BCUT2D eigenvalue weighted by atomic mass is 9.68. The first kappa shape index (κ1) is 25.9. The van der Waals surface area contributed by atoms with Gasteiger partial charge in [-0.3, -0.25) is 14.4 Å². The zero-order valence-corrected chi connectivity index (χ0v) is 20.8. The minimum Gasteiger partial charge on any atom is -0.396 e. The minimum absolute atomic E-state index is 0.0215. The van der Waals surface area contributed by atoms with E-state index in [9.17, 15) is 14.4 Å². The molecule has 1 saturated heterocycles. The van der Waals surface area contributed by atoms with Gasteiger partial charge in [0.25, 0.3) is 0 Å². The van der Waals surface area contributed by atoms with Crippen LogP contribution in [-0.4, -0.2) is 54.0 Å². The smallest absolute Gasteiger partial charge is 0.247 e. The lowest BCUT2D eigenvalue weighted by molar-refractivity contribution is -0.140. The molecule has 0 spiro atoms.